The third-order valence-corrected chi connectivity index (χ3v) is 2.71. The molecule has 2 rings (SSSR count). The molecule has 104 valence electrons. The molecule has 0 atom stereocenters. The lowest BCUT2D eigenvalue weighted by Crippen LogP contribution is -2.31. The summed E-state index contributed by atoms with van der Waals surface area (Å²) in [6, 6.07) is 12.1. The molecular formula is C15H16N2O3. The summed E-state index contributed by atoms with van der Waals surface area (Å²) in [5.74, 6) is 0.0245. The lowest BCUT2D eigenvalue weighted by atomic mass is 10.2. The van der Waals surface area contributed by atoms with E-state index in [1.165, 1.54) is 11.0 Å². The van der Waals surface area contributed by atoms with Gasteiger partial charge in [0.15, 0.2) is 0 Å². The van der Waals surface area contributed by atoms with Gasteiger partial charge in [0, 0.05) is 6.20 Å². The molecule has 5 nitrogen and oxygen atoms in total. The Labute approximate surface area is 117 Å². The number of phenols is 1. The van der Waals surface area contributed by atoms with Crippen LogP contribution in [0.5, 0.6) is 5.75 Å². The molecule has 1 heterocycles. The van der Waals surface area contributed by atoms with Crippen LogP contribution >= 0.6 is 0 Å². The molecule has 0 bridgehead atoms. The van der Waals surface area contributed by atoms with E-state index in [0.29, 0.717) is 11.4 Å². The normalized spacial score (nSPS) is 10.1. The van der Waals surface area contributed by atoms with E-state index in [1.807, 2.05) is 12.1 Å². The van der Waals surface area contributed by atoms with Gasteiger partial charge in [0.1, 0.15) is 5.75 Å². The van der Waals surface area contributed by atoms with Gasteiger partial charge in [-0.15, -0.1) is 0 Å². The third kappa shape index (κ3) is 3.26. The molecule has 5 heteroatoms. The van der Waals surface area contributed by atoms with Crippen LogP contribution in [0, 0.1) is 0 Å². The Morgan fingerprint density at radius 3 is 2.65 bits per heavy atom. The van der Waals surface area contributed by atoms with E-state index >= 15 is 0 Å². The van der Waals surface area contributed by atoms with Crippen LogP contribution in [-0.4, -0.2) is 22.8 Å². The summed E-state index contributed by atoms with van der Waals surface area (Å²) < 4.78 is 5.03. The molecule has 20 heavy (non-hydrogen) atoms. The summed E-state index contributed by atoms with van der Waals surface area (Å²) in [4.78, 5) is 17.6. The van der Waals surface area contributed by atoms with Crippen molar-refractivity contribution in [1.29, 1.82) is 0 Å². The van der Waals surface area contributed by atoms with Crippen LogP contribution in [0.15, 0.2) is 48.7 Å². The number of phenolic OH excluding ortho intramolecular Hbond substituents is 1. The SMILES string of the molecule is CCOC(=O)N(Cc1ccccn1)c1ccccc1O. The average Bonchev–Trinajstić information content (AvgIpc) is 2.47. The standard InChI is InChI=1S/C15H16N2O3/c1-2-20-15(19)17(11-12-7-5-6-10-16-12)13-8-3-4-9-14(13)18/h3-10,18H,2,11H2,1H3. The molecule has 0 aliphatic carbocycles. The van der Waals surface area contributed by atoms with E-state index in [9.17, 15) is 9.90 Å². The molecule has 1 aromatic carbocycles. The van der Waals surface area contributed by atoms with Gasteiger partial charge in [-0.1, -0.05) is 18.2 Å². The number of hydrogen-bond donors (Lipinski definition) is 1. The molecule has 0 saturated carbocycles. The number of anilines is 1. The van der Waals surface area contributed by atoms with Crippen LogP contribution in [0.25, 0.3) is 0 Å². The lowest BCUT2D eigenvalue weighted by molar-refractivity contribution is 0.159. The van der Waals surface area contributed by atoms with Crippen LogP contribution in [0.3, 0.4) is 0 Å². The number of amides is 1. The van der Waals surface area contributed by atoms with Gasteiger partial charge < -0.3 is 9.84 Å². The summed E-state index contributed by atoms with van der Waals surface area (Å²) in [5.41, 5.74) is 1.11. The number of aromatic nitrogens is 1. The molecule has 2 aromatic rings. The largest absolute Gasteiger partial charge is 0.506 e. The van der Waals surface area contributed by atoms with Crippen molar-refractivity contribution in [3.63, 3.8) is 0 Å². The van der Waals surface area contributed by atoms with Gasteiger partial charge in [0.2, 0.25) is 0 Å². The number of hydrogen-bond acceptors (Lipinski definition) is 4. The van der Waals surface area contributed by atoms with Crippen LogP contribution < -0.4 is 4.90 Å². The third-order valence-electron chi connectivity index (χ3n) is 2.71. The Balaban J connectivity index is 2.30. The molecule has 1 amide bonds. The summed E-state index contributed by atoms with van der Waals surface area (Å²) in [5, 5.41) is 9.91. The predicted octanol–water partition coefficient (Wildman–Crippen LogP) is 2.95. The summed E-state index contributed by atoms with van der Waals surface area (Å²) in [6.07, 6.45) is 1.14. The molecule has 0 aliphatic heterocycles. The Kier molecular flexibility index (Phi) is 4.55. The van der Waals surface area contributed by atoms with Gasteiger partial charge in [-0.05, 0) is 31.2 Å². The zero-order chi connectivity index (χ0) is 14.4. The predicted molar refractivity (Wildman–Crippen MR) is 75.5 cm³/mol. The molecule has 1 aromatic heterocycles. The van der Waals surface area contributed by atoms with Gasteiger partial charge in [-0.3, -0.25) is 9.88 Å². The molecule has 0 aliphatic rings. The number of ether oxygens (including phenoxy) is 1. The second-order valence-electron chi connectivity index (χ2n) is 4.09. The second-order valence-corrected chi connectivity index (χ2v) is 4.09. The Morgan fingerprint density at radius 1 is 1.25 bits per heavy atom. The highest BCUT2D eigenvalue weighted by Crippen LogP contribution is 2.28. The highest BCUT2D eigenvalue weighted by Gasteiger charge is 2.20. The molecule has 0 radical (unpaired) electrons. The maximum atomic E-state index is 12.1. The smallest absolute Gasteiger partial charge is 0.414 e. The van der Waals surface area contributed by atoms with E-state index < -0.39 is 6.09 Å². The Morgan fingerprint density at radius 2 is 2.00 bits per heavy atom. The lowest BCUT2D eigenvalue weighted by Gasteiger charge is -2.22. The van der Waals surface area contributed by atoms with Gasteiger partial charge in [0.25, 0.3) is 0 Å². The van der Waals surface area contributed by atoms with Gasteiger partial charge in [-0.2, -0.15) is 0 Å². The molecule has 0 unspecified atom stereocenters. The quantitative estimate of drug-likeness (QED) is 0.929. The average molecular weight is 272 g/mol. The van der Waals surface area contributed by atoms with Crippen molar-refractivity contribution in [3.05, 3.63) is 54.4 Å². The first-order valence-electron chi connectivity index (χ1n) is 6.34. The summed E-state index contributed by atoms with van der Waals surface area (Å²) in [7, 11) is 0. The number of pyridine rings is 1. The van der Waals surface area contributed by atoms with Crippen molar-refractivity contribution in [2.75, 3.05) is 11.5 Å². The fourth-order valence-corrected chi connectivity index (χ4v) is 1.80. The first-order valence-corrected chi connectivity index (χ1v) is 6.34. The minimum absolute atomic E-state index is 0.0245. The minimum atomic E-state index is -0.514. The first kappa shape index (κ1) is 13.9. The fraction of sp³-hybridized carbons (Fsp3) is 0.200. The number of rotatable bonds is 4. The number of aromatic hydroxyl groups is 1. The monoisotopic (exact) mass is 272 g/mol. The maximum Gasteiger partial charge on any atom is 0.414 e. The zero-order valence-corrected chi connectivity index (χ0v) is 11.2. The van der Waals surface area contributed by atoms with Crippen molar-refractivity contribution >= 4 is 11.8 Å². The van der Waals surface area contributed by atoms with E-state index in [1.54, 1.807) is 37.4 Å². The van der Waals surface area contributed by atoms with Gasteiger partial charge in [-0.25, -0.2) is 4.79 Å². The molecular weight excluding hydrogens is 256 g/mol. The summed E-state index contributed by atoms with van der Waals surface area (Å²) in [6.45, 7) is 2.24. The number of carbonyl (C=O) groups excluding carboxylic acids is 1. The zero-order valence-electron chi connectivity index (χ0n) is 11.2. The number of benzene rings is 1. The molecule has 0 fully saturated rings. The van der Waals surface area contributed by atoms with Crippen molar-refractivity contribution in [1.82, 2.24) is 4.98 Å². The Bertz CT molecular complexity index is 572. The topological polar surface area (TPSA) is 62.7 Å². The highest BCUT2D eigenvalue weighted by molar-refractivity contribution is 5.89. The number of carbonyl (C=O) groups is 1. The molecule has 0 saturated heterocycles. The fourth-order valence-electron chi connectivity index (χ4n) is 1.80. The first-order chi connectivity index (χ1) is 9.72. The van der Waals surface area contributed by atoms with Crippen LogP contribution in [0.1, 0.15) is 12.6 Å². The van der Waals surface area contributed by atoms with E-state index in [0.717, 1.165) is 0 Å². The van der Waals surface area contributed by atoms with E-state index in [-0.39, 0.29) is 18.9 Å². The van der Waals surface area contributed by atoms with Crippen molar-refractivity contribution < 1.29 is 14.6 Å². The van der Waals surface area contributed by atoms with Gasteiger partial charge >= 0.3 is 6.09 Å². The van der Waals surface area contributed by atoms with Crippen molar-refractivity contribution in [2.24, 2.45) is 0 Å². The Hall–Kier alpha value is -2.56. The van der Waals surface area contributed by atoms with E-state index in [4.69, 9.17) is 4.74 Å². The van der Waals surface area contributed by atoms with Gasteiger partial charge in [0.05, 0.1) is 24.5 Å². The van der Waals surface area contributed by atoms with Crippen LogP contribution in [0.2, 0.25) is 0 Å². The number of para-hydroxylation sites is 2. The second kappa shape index (κ2) is 6.56. The number of nitrogens with zero attached hydrogens (tertiary/aromatic N) is 2. The highest BCUT2D eigenvalue weighted by atomic mass is 16.6. The van der Waals surface area contributed by atoms with Crippen LogP contribution in [0.4, 0.5) is 10.5 Å². The maximum absolute atomic E-state index is 12.1. The van der Waals surface area contributed by atoms with E-state index in [2.05, 4.69) is 4.98 Å². The van der Waals surface area contributed by atoms with Crippen molar-refractivity contribution in [2.45, 2.75) is 13.5 Å². The minimum Gasteiger partial charge on any atom is -0.506 e. The molecule has 0 spiro atoms. The summed E-state index contributed by atoms with van der Waals surface area (Å²) >= 11 is 0. The van der Waals surface area contributed by atoms with Crippen molar-refractivity contribution in [3.8, 4) is 5.75 Å². The van der Waals surface area contributed by atoms with Crippen LogP contribution in [-0.2, 0) is 11.3 Å². The molecule has 1 N–H and O–H groups in total.